The van der Waals surface area contributed by atoms with Gasteiger partial charge in [0.05, 0.1) is 25.0 Å². The van der Waals surface area contributed by atoms with Crippen molar-refractivity contribution in [2.24, 2.45) is 0 Å². The maximum Gasteiger partial charge on any atom is 0.128 e. The van der Waals surface area contributed by atoms with E-state index in [9.17, 15) is 0 Å². The van der Waals surface area contributed by atoms with Crippen LogP contribution >= 0.6 is 0 Å². The molecule has 0 saturated carbocycles. The largest absolute Gasteiger partial charge is 0.496 e. The summed E-state index contributed by atoms with van der Waals surface area (Å²) in [7, 11) is 1.70. The molecule has 0 amide bonds. The summed E-state index contributed by atoms with van der Waals surface area (Å²) in [5.74, 6) is 1.90. The van der Waals surface area contributed by atoms with Crippen LogP contribution in [-0.2, 0) is 0 Å². The van der Waals surface area contributed by atoms with E-state index in [1.165, 1.54) is 12.0 Å². The van der Waals surface area contributed by atoms with E-state index in [0.717, 1.165) is 35.8 Å². The van der Waals surface area contributed by atoms with Gasteiger partial charge in [-0.25, -0.2) is 4.98 Å². The van der Waals surface area contributed by atoms with Gasteiger partial charge in [0.15, 0.2) is 0 Å². The fourth-order valence-corrected chi connectivity index (χ4v) is 2.60. The predicted octanol–water partition coefficient (Wildman–Crippen LogP) is 2.82. The summed E-state index contributed by atoms with van der Waals surface area (Å²) in [6, 6.07) is 6.54. The number of aromatic amines is 1. The SMILES string of the molecule is COc1ccc(C)cc1-c1cnc(C2CCCN2)[nH]1. The summed E-state index contributed by atoms with van der Waals surface area (Å²) in [4.78, 5) is 7.93. The fraction of sp³-hybridized carbons (Fsp3) is 0.400. The smallest absolute Gasteiger partial charge is 0.128 e. The van der Waals surface area contributed by atoms with E-state index in [1.807, 2.05) is 12.3 Å². The molecule has 1 aromatic carbocycles. The molecule has 0 radical (unpaired) electrons. The molecular formula is C15H19N3O. The third-order valence-corrected chi connectivity index (χ3v) is 3.63. The van der Waals surface area contributed by atoms with E-state index >= 15 is 0 Å². The minimum absolute atomic E-state index is 0.365. The summed E-state index contributed by atoms with van der Waals surface area (Å²) < 4.78 is 5.43. The van der Waals surface area contributed by atoms with Crippen molar-refractivity contribution in [2.45, 2.75) is 25.8 Å². The van der Waals surface area contributed by atoms with Crippen LogP contribution in [0, 0.1) is 6.92 Å². The minimum atomic E-state index is 0.365. The Morgan fingerprint density at radius 2 is 2.26 bits per heavy atom. The number of aromatic nitrogens is 2. The molecule has 1 atom stereocenters. The molecule has 100 valence electrons. The number of hydrogen-bond acceptors (Lipinski definition) is 3. The maximum atomic E-state index is 5.43. The number of ether oxygens (including phenoxy) is 1. The Labute approximate surface area is 113 Å². The molecule has 1 unspecified atom stereocenters. The second-order valence-electron chi connectivity index (χ2n) is 5.03. The van der Waals surface area contributed by atoms with Crippen molar-refractivity contribution in [2.75, 3.05) is 13.7 Å². The van der Waals surface area contributed by atoms with Gasteiger partial charge in [-0.1, -0.05) is 11.6 Å². The van der Waals surface area contributed by atoms with Gasteiger partial charge in [-0.15, -0.1) is 0 Å². The molecule has 2 N–H and O–H groups in total. The molecule has 1 aliphatic rings. The van der Waals surface area contributed by atoms with Crippen molar-refractivity contribution in [3.05, 3.63) is 35.8 Å². The Kier molecular flexibility index (Phi) is 3.25. The first-order chi connectivity index (χ1) is 9.28. The molecule has 3 rings (SSSR count). The first kappa shape index (κ1) is 12.2. The molecule has 1 aromatic heterocycles. The van der Waals surface area contributed by atoms with Crippen LogP contribution in [-0.4, -0.2) is 23.6 Å². The molecule has 1 fully saturated rings. The topological polar surface area (TPSA) is 49.9 Å². The first-order valence-corrected chi connectivity index (χ1v) is 6.71. The number of nitrogens with zero attached hydrogens (tertiary/aromatic N) is 1. The molecule has 1 saturated heterocycles. The van der Waals surface area contributed by atoms with Gasteiger partial charge in [0, 0.05) is 5.56 Å². The van der Waals surface area contributed by atoms with Crippen LogP contribution in [0.2, 0.25) is 0 Å². The van der Waals surface area contributed by atoms with Crippen LogP contribution in [0.4, 0.5) is 0 Å². The van der Waals surface area contributed by atoms with Crippen molar-refractivity contribution < 1.29 is 4.74 Å². The summed E-state index contributed by atoms with van der Waals surface area (Å²) in [6.45, 7) is 3.16. The third-order valence-electron chi connectivity index (χ3n) is 3.63. The quantitative estimate of drug-likeness (QED) is 0.889. The highest BCUT2D eigenvalue weighted by Crippen LogP contribution is 2.31. The lowest BCUT2D eigenvalue weighted by Gasteiger charge is -2.08. The van der Waals surface area contributed by atoms with E-state index in [0.29, 0.717) is 6.04 Å². The van der Waals surface area contributed by atoms with Crippen molar-refractivity contribution >= 4 is 0 Å². The van der Waals surface area contributed by atoms with Gasteiger partial charge < -0.3 is 15.0 Å². The zero-order chi connectivity index (χ0) is 13.2. The van der Waals surface area contributed by atoms with Crippen molar-refractivity contribution in [1.29, 1.82) is 0 Å². The number of methoxy groups -OCH3 is 1. The normalized spacial score (nSPS) is 18.7. The summed E-state index contributed by atoms with van der Waals surface area (Å²) in [5, 5.41) is 3.45. The number of imidazole rings is 1. The lowest BCUT2D eigenvalue weighted by atomic mass is 10.1. The summed E-state index contributed by atoms with van der Waals surface area (Å²) >= 11 is 0. The van der Waals surface area contributed by atoms with Gasteiger partial charge >= 0.3 is 0 Å². The van der Waals surface area contributed by atoms with Crippen LogP contribution < -0.4 is 10.1 Å². The zero-order valence-corrected chi connectivity index (χ0v) is 11.4. The van der Waals surface area contributed by atoms with Crippen molar-refractivity contribution in [3.8, 4) is 17.0 Å². The summed E-state index contributed by atoms with van der Waals surface area (Å²) in [5.41, 5.74) is 3.30. The van der Waals surface area contributed by atoms with Gasteiger partial charge in [0.1, 0.15) is 11.6 Å². The van der Waals surface area contributed by atoms with Crippen molar-refractivity contribution in [3.63, 3.8) is 0 Å². The van der Waals surface area contributed by atoms with Gasteiger partial charge in [-0.2, -0.15) is 0 Å². The number of nitrogens with one attached hydrogen (secondary N) is 2. The standard InChI is InChI=1S/C15H19N3O/c1-10-5-6-14(19-2)11(8-10)13-9-17-15(18-13)12-4-3-7-16-12/h5-6,8-9,12,16H,3-4,7H2,1-2H3,(H,17,18). The van der Waals surface area contributed by atoms with Crippen LogP contribution in [0.3, 0.4) is 0 Å². The van der Waals surface area contributed by atoms with Gasteiger partial charge in [-0.3, -0.25) is 0 Å². The zero-order valence-electron chi connectivity index (χ0n) is 11.4. The molecule has 0 aliphatic carbocycles. The van der Waals surface area contributed by atoms with Gasteiger partial charge in [0.2, 0.25) is 0 Å². The lowest BCUT2D eigenvalue weighted by Crippen LogP contribution is -2.14. The molecule has 2 heterocycles. The second kappa shape index (κ2) is 5.05. The monoisotopic (exact) mass is 257 g/mol. The lowest BCUT2D eigenvalue weighted by molar-refractivity contribution is 0.416. The van der Waals surface area contributed by atoms with Crippen molar-refractivity contribution in [1.82, 2.24) is 15.3 Å². The van der Waals surface area contributed by atoms with Crippen LogP contribution in [0.1, 0.15) is 30.3 Å². The third kappa shape index (κ3) is 2.36. The van der Waals surface area contributed by atoms with E-state index < -0.39 is 0 Å². The molecule has 2 aromatic rings. The van der Waals surface area contributed by atoms with E-state index in [2.05, 4.69) is 34.3 Å². The molecule has 4 heteroatoms. The minimum Gasteiger partial charge on any atom is -0.496 e. The average Bonchev–Trinajstić information content (AvgIpc) is 3.09. The van der Waals surface area contributed by atoms with Crippen LogP contribution in [0.25, 0.3) is 11.3 Å². The highest BCUT2D eigenvalue weighted by Gasteiger charge is 2.19. The molecule has 4 nitrogen and oxygen atoms in total. The molecule has 0 bridgehead atoms. The van der Waals surface area contributed by atoms with E-state index in [4.69, 9.17) is 4.74 Å². The molecule has 0 spiro atoms. The molecular weight excluding hydrogens is 238 g/mol. The Hall–Kier alpha value is -1.81. The number of benzene rings is 1. The highest BCUT2D eigenvalue weighted by molar-refractivity contribution is 5.67. The van der Waals surface area contributed by atoms with Crippen LogP contribution in [0.5, 0.6) is 5.75 Å². The van der Waals surface area contributed by atoms with E-state index in [-0.39, 0.29) is 0 Å². The predicted molar refractivity (Wildman–Crippen MR) is 75.3 cm³/mol. The van der Waals surface area contributed by atoms with Crippen LogP contribution in [0.15, 0.2) is 24.4 Å². The number of rotatable bonds is 3. The van der Waals surface area contributed by atoms with Gasteiger partial charge in [0.25, 0.3) is 0 Å². The fourth-order valence-electron chi connectivity index (χ4n) is 2.60. The number of hydrogen-bond donors (Lipinski definition) is 2. The number of aryl methyl sites for hydroxylation is 1. The maximum absolute atomic E-state index is 5.43. The Balaban J connectivity index is 1.95. The number of H-pyrrole nitrogens is 1. The Morgan fingerprint density at radius 1 is 1.37 bits per heavy atom. The first-order valence-electron chi connectivity index (χ1n) is 6.71. The Bertz CT molecular complexity index is 571. The Morgan fingerprint density at radius 3 is 3.00 bits per heavy atom. The molecule has 1 aliphatic heterocycles. The second-order valence-corrected chi connectivity index (χ2v) is 5.03. The van der Waals surface area contributed by atoms with E-state index in [1.54, 1.807) is 7.11 Å². The molecule has 19 heavy (non-hydrogen) atoms. The highest BCUT2D eigenvalue weighted by atomic mass is 16.5. The summed E-state index contributed by atoms with van der Waals surface area (Å²) in [6.07, 6.45) is 4.26. The average molecular weight is 257 g/mol. The van der Waals surface area contributed by atoms with Gasteiger partial charge in [-0.05, 0) is 38.4 Å².